The lowest BCUT2D eigenvalue weighted by molar-refractivity contribution is 0.00738. The van der Waals surface area contributed by atoms with Crippen molar-refractivity contribution in [3.63, 3.8) is 0 Å². The summed E-state index contributed by atoms with van der Waals surface area (Å²) in [5.74, 6) is 0.329. The number of fused-ring (bicyclic) bond motifs is 1. The third-order valence-corrected chi connectivity index (χ3v) is 4.69. The molecule has 1 unspecified atom stereocenters. The van der Waals surface area contributed by atoms with Gasteiger partial charge in [0.25, 0.3) is 5.88 Å². The van der Waals surface area contributed by atoms with Gasteiger partial charge in [-0.05, 0) is 52.2 Å². The van der Waals surface area contributed by atoms with E-state index in [0.29, 0.717) is 18.9 Å². The van der Waals surface area contributed by atoms with Gasteiger partial charge in [0.15, 0.2) is 5.15 Å². The summed E-state index contributed by atoms with van der Waals surface area (Å²) in [7, 11) is 0. The van der Waals surface area contributed by atoms with E-state index in [-0.39, 0.29) is 17.3 Å². The van der Waals surface area contributed by atoms with Gasteiger partial charge in [-0.2, -0.15) is 0 Å². The molecule has 146 valence electrons. The Balaban J connectivity index is 1.61. The van der Waals surface area contributed by atoms with Gasteiger partial charge in [0.2, 0.25) is 0 Å². The largest absolute Gasteiger partial charge is 0.475 e. The van der Waals surface area contributed by atoms with Crippen LogP contribution in [0.25, 0.3) is 11.0 Å². The van der Waals surface area contributed by atoms with E-state index in [2.05, 4.69) is 9.97 Å². The highest BCUT2D eigenvalue weighted by Crippen LogP contribution is 2.25. The molecule has 1 atom stereocenters. The maximum atomic E-state index is 12.5. The predicted octanol–water partition coefficient (Wildman–Crippen LogP) is 4.84. The molecule has 0 saturated carbocycles. The fraction of sp³-hybridized carbons (Fsp3) is 0.550. The predicted molar refractivity (Wildman–Crippen MR) is 105 cm³/mol. The van der Waals surface area contributed by atoms with Crippen LogP contribution in [0.2, 0.25) is 5.15 Å². The van der Waals surface area contributed by atoms with Gasteiger partial charge >= 0.3 is 6.09 Å². The van der Waals surface area contributed by atoms with Gasteiger partial charge in [-0.1, -0.05) is 23.7 Å². The fourth-order valence-electron chi connectivity index (χ4n) is 3.21. The zero-order valence-corrected chi connectivity index (χ0v) is 16.8. The summed E-state index contributed by atoms with van der Waals surface area (Å²) < 4.78 is 11.3. The third kappa shape index (κ3) is 5.22. The minimum atomic E-state index is -0.496. The molecule has 1 saturated heterocycles. The summed E-state index contributed by atoms with van der Waals surface area (Å²) >= 11 is 6.19. The zero-order valence-electron chi connectivity index (χ0n) is 16.1. The fourth-order valence-corrected chi connectivity index (χ4v) is 3.40. The molecule has 0 aliphatic carbocycles. The standard InChI is InChI=1S/C20H26ClN3O3/c1-20(2,3)27-19(25)24-12-7-6-8-14(24)11-13-26-18-17(21)22-15-9-4-5-10-16(15)23-18/h4-5,9-10,14H,6-8,11-13H2,1-3H3. The smallest absolute Gasteiger partial charge is 0.410 e. The van der Waals surface area contributed by atoms with Crippen LogP contribution in [0.15, 0.2) is 24.3 Å². The van der Waals surface area contributed by atoms with E-state index in [9.17, 15) is 4.79 Å². The quantitative estimate of drug-likeness (QED) is 0.745. The first-order valence-corrected chi connectivity index (χ1v) is 9.76. The van der Waals surface area contributed by atoms with Gasteiger partial charge in [-0.3, -0.25) is 0 Å². The maximum Gasteiger partial charge on any atom is 0.410 e. The molecule has 7 heteroatoms. The van der Waals surface area contributed by atoms with Crippen LogP contribution in [-0.2, 0) is 4.74 Å². The van der Waals surface area contributed by atoms with Crippen molar-refractivity contribution < 1.29 is 14.3 Å². The second-order valence-corrected chi connectivity index (χ2v) is 8.13. The van der Waals surface area contributed by atoms with Gasteiger partial charge in [0, 0.05) is 19.0 Å². The van der Waals surface area contributed by atoms with Gasteiger partial charge in [0.05, 0.1) is 17.6 Å². The first kappa shape index (κ1) is 19.7. The molecular formula is C20H26ClN3O3. The molecule has 2 heterocycles. The number of amides is 1. The Bertz CT molecular complexity index is 807. The molecule has 3 rings (SSSR count). The molecular weight excluding hydrogens is 366 g/mol. The molecule has 1 aliphatic heterocycles. The summed E-state index contributed by atoms with van der Waals surface area (Å²) in [5, 5.41) is 0.251. The van der Waals surface area contributed by atoms with Gasteiger partial charge in [0.1, 0.15) is 5.60 Å². The van der Waals surface area contributed by atoms with Crippen LogP contribution in [0, 0.1) is 0 Å². The van der Waals surface area contributed by atoms with E-state index in [0.717, 1.165) is 36.8 Å². The Kier molecular flexibility index (Phi) is 6.05. The lowest BCUT2D eigenvalue weighted by Crippen LogP contribution is -2.46. The number of likely N-dealkylation sites (tertiary alicyclic amines) is 1. The molecule has 2 aromatic rings. The Morgan fingerprint density at radius 1 is 1.22 bits per heavy atom. The molecule has 1 amide bonds. The first-order chi connectivity index (χ1) is 12.8. The molecule has 0 N–H and O–H groups in total. The minimum absolute atomic E-state index is 0.0980. The van der Waals surface area contributed by atoms with Gasteiger partial charge in [-0.15, -0.1) is 0 Å². The summed E-state index contributed by atoms with van der Waals surface area (Å²) in [6.07, 6.45) is 3.49. The average Bonchev–Trinajstić information content (AvgIpc) is 2.61. The number of rotatable bonds is 4. The van der Waals surface area contributed by atoms with E-state index >= 15 is 0 Å². The van der Waals surface area contributed by atoms with Crippen LogP contribution in [0.5, 0.6) is 5.88 Å². The van der Waals surface area contributed by atoms with Crippen molar-refractivity contribution in [1.82, 2.24) is 14.9 Å². The summed E-state index contributed by atoms with van der Waals surface area (Å²) in [6.45, 7) is 6.78. The second kappa shape index (κ2) is 8.30. The number of hydrogen-bond acceptors (Lipinski definition) is 5. The first-order valence-electron chi connectivity index (χ1n) is 9.38. The molecule has 6 nitrogen and oxygen atoms in total. The lowest BCUT2D eigenvalue weighted by atomic mass is 10.0. The Morgan fingerprint density at radius 2 is 1.93 bits per heavy atom. The van der Waals surface area contributed by atoms with Crippen LogP contribution in [-0.4, -0.2) is 45.8 Å². The Hall–Kier alpha value is -2.08. The van der Waals surface area contributed by atoms with Crippen molar-refractivity contribution in [2.24, 2.45) is 0 Å². The van der Waals surface area contributed by atoms with Gasteiger partial charge < -0.3 is 14.4 Å². The molecule has 0 radical (unpaired) electrons. The minimum Gasteiger partial charge on any atom is -0.475 e. The number of carbonyl (C=O) groups is 1. The maximum absolute atomic E-state index is 12.5. The summed E-state index contributed by atoms with van der Waals surface area (Å²) in [4.78, 5) is 23.1. The number of ether oxygens (including phenoxy) is 2. The van der Waals surface area contributed by atoms with E-state index < -0.39 is 5.60 Å². The van der Waals surface area contributed by atoms with Crippen molar-refractivity contribution in [2.45, 2.75) is 58.1 Å². The van der Waals surface area contributed by atoms with Crippen LogP contribution in [0.3, 0.4) is 0 Å². The molecule has 27 heavy (non-hydrogen) atoms. The second-order valence-electron chi connectivity index (χ2n) is 7.77. The van der Waals surface area contributed by atoms with Gasteiger partial charge in [-0.25, -0.2) is 14.8 Å². The zero-order chi connectivity index (χ0) is 19.4. The van der Waals surface area contributed by atoms with Crippen LogP contribution < -0.4 is 4.74 Å². The number of halogens is 1. The molecule has 1 fully saturated rings. The van der Waals surface area contributed by atoms with E-state index in [1.54, 1.807) is 0 Å². The number of aromatic nitrogens is 2. The van der Waals surface area contributed by atoms with Crippen molar-refractivity contribution in [1.29, 1.82) is 0 Å². The van der Waals surface area contributed by atoms with Crippen molar-refractivity contribution in [3.05, 3.63) is 29.4 Å². The number of para-hydroxylation sites is 2. The highest BCUT2D eigenvalue weighted by molar-refractivity contribution is 6.31. The highest BCUT2D eigenvalue weighted by Gasteiger charge is 2.30. The number of hydrogen-bond donors (Lipinski definition) is 0. The lowest BCUT2D eigenvalue weighted by Gasteiger charge is -2.36. The topological polar surface area (TPSA) is 64.5 Å². The monoisotopic (exact) mass is 391 g/mol. The molecule has 0 spiro atoms. The van der Waals surface area contributed by atoms with Crippen molar-refractivity contribution in [2.75, 3.05) is 13.2 Å². The van der Waals surface area contributed by atoms with E-state index in [1.165, 1.54) is 0 Å². The highest BCUT2D eigenvalue weighted by atomic mass is 35.5. The average molecular weight is 392 g/mol. The van der Waals surface area contributed by atoms with Crippen LogP contribution in [0.4, 0.5) is 4.79 Å². The SMILES string of the molecule is CC(C)(C)OC(=O)N1CCCCC1CCOc1nc2ccccc2nc1Cl. The molecule has 1 aliphatic rings. The number of piperidine rings is 1. The van der Waals surface area contributed by atoms with Crippen molar-refractivity contribution >= 4 is 28.7 Å². The Morgan fingerprint density at radius 3 is 2.63 bits per heavy atom. The number of carbonyl (C=O) groups excluding carboxylic acids is 1. The molecule has 1 aromatic heterocycles. The third-order valence-electron chi connectivity index (χ3n) is 4.44. The van der Waals surface area contributed by atoms with Crippen LogP contribution >= 0.6 is 11.6 Å². The van der Waals surface area contributed by atoms with E-state index in [1.807, 2.05) is 49.9 Å². The molecule has 1 aromatic carbocycles. The van der Waals surface area contributed by atoms with Crippen LogP contribution in [0.1, 0.15) is 46.5 Å². The normalized spacial score (nSPS) is 17.8. The van der Waals surface area contributed by atoms with E-state index in [4.69, 9.17) is 21.1 Å². The molecule has 0 bridgehead atoms. The summed E-state index contributed by atoms with van der Waals surface area (Å²) in [6, 6.07) is 7.62. The van der Waals surface area contributed by atoms with Crippen molar-refractivity contribution in [3.8, 4) is 5.88 Å². The number of benzene rings is 1. The Labute approximate surface area is 164 Å². The summed E-state index contributed by atoms with van der Waals surface area (Å²) in [5.41, 5.74) is 0.979. The number of nitrogens with zero attached hydrogens (tertiary/aromatic N) is 3.